The number of nitrogens with two attached hydrogens (primary N) is 1. The van der Waals surface area contributed by atoms with Crippen molar-refractivity contribution in [2.24, 2.45) is 28.9 Å². The summed E-state index contributed by atoms with van der Waals surface area (Å²) in [4.78, 5) is 0. The van der Waals surface area contributed by atoms with Crippen molar-refractivity contribution in [2.75, 3.05) is 12.0 Å². The topological polar surface area (TPSA) is 26.0 Å². The molecule has 2 saturated carbocycles. The van der Waals surface area contributed by atoms with Crippen molar-refractivity contribution in [3.63, 3.8) is 0 Å². The summed E-state index contributed by atoms with van der Waals surface area (Å²) in [5.74, 6) is 3.99. The van der Waals surface area contributed by atoms with Crippen LogP contribution < -0.4 is 5.73 Å². The molecule has 1 aromatic rings. The normalized spacial score (nSPS) is 37.9. The van der Waals surface area contributed by atoms with E-state index < -0.39 is 0 Å². The molecule has 5 unspecified atom stereocenters. The summed E-state index contributed by atoms with van der Waals surface area (Å²) in [7, 11) is 0. The van der Waals surface area contributed by atoms with E-state index in [-0.39, 0.29) is 0 Å². The molecule has 134 valence electrons. The summed E-state index contributed by atoms with van der Waals surface area (Å²) < 4.78 is 0. The van der Waals surface area contributed by atoms with Crippen LogP contribution in [0.3, 0.4) is 0 Å². The molecule has 2 aliphatic carbocycles. The highest BCUT2D eigenvalue weighted by Crippen LogP contribution is 2.60. The minimum atomic E-state index is 0.445. The molecule has 0 saturated heterocycles. The Kier molecular flexibility index (Phi) is 6.78. The van der Waals surface area contributed by atoms with Crippen molar-refractivity contribution < 1.29 is 0 Å². The molecule has 1 aromatic carbocycles. The van der Waals surface area contributed by atoms with E-state index in [2.05, 4.69) is 75.3 Å². The van der Waals surface area contributed by atoms with Crippen LogP contribution in [-0.2, 0) is 5.41 Å². The first kappa shape index (κ1) is 19.8. The van der Waals surface area contributed by atoms with Crippen LogP contribution in [0.2, 0.25) is 0 Å². The first-order valence-corrected chi connectivity index (χ1v) is 11.0. The van der Waals surface area contributed by atoms with Gasteiger partial charge in [0, 0.05) is 0 Å². The number of hydrogen-bond acceptors (Lipinski definition) is 2. The Hall–Kier alpha value is -0.540. The second-order valence-corrected chi connectivity index (χ2v) is 9.55. The van der Waals surface area contributed by atoms with Crippen LogP contribution in [0.4, 0.5) is 0 Å². The number of fused-ring (bicyclic) bond motifs is 2. The van der Waals surface area contributed by atoms with E-state index >= 15 is 0 Å². The van der Waals surface area contributed by atoms with Gasteiger partial charge in [-0.2, -0.15) is 11.8 Å². The monoisotopic (exact) mass is 363 g/mol. The lowest BCUT2D eigenvalue weighted by Crippen LogP contribution is -2.50. The zero-order chi connectivity index (χ0) is 17.8. The number of thioether (sulfide) groups is 1. The average Bonchev–Trinajstić information content (AvgIpc) is 2.54. The number of benzene rings is 1. The van der Waals surface area contributed by atoms with Crippen LogP contribution >= 0.6 is 24.0 Å². The third-order valence-electron chi connectivity index (χ3n) is 6.41. The zero-order valence-electron chi connectivity index (χ0n) is 15.6. The van der Waals surface area contributed by atoms with Crippen LogP contribution in [0.25, 0.3) is 0 Å². The molecule has 1 nitrogen and oxygen atoms in total. The van der Waals surface area contributed by atoms with E-state index in [0.29, 0.717) is 10.8 Å². The average molecular weight is 364 g/mol. The van der Waals surface area contributed by atoms with Gasteiger partial charge in [0.1, 0.15) is 0 Å². The molecule has 2 bridgehead atoms. The molecule has 3 heteroatoms. The summed E-state index contributed by atoms with van der Waals surface area (Å²) in [5, 5.41) is 0. The van der Waals surface area contributed by atoms with E-state index in [4.69, 9.17) is 0 Å². The van der Waals surface area contributed by atoms with Gasteiger partial charge in [0.05, 0.1) is 5.49 Å². The highest BCUT2D eigenvalue weighted by molar-refractivity contribution is 7.98. The van der Waals surface area contributed by atoms with Gasteiger partial charge in [-0.25, -0.2) is 0 Å². The Morgan fingerprint density at radius 2 is 1.83 bits per heavy atom. The summed E-state index contributed by atoms with van der Waals surface area (Å²) in [6.45, 7) is 7.55. The zero-order valence-corrected chi connectivity index (χ0v) is 17.3. The fourth-order valence-corrected chi connectivity index (χ4v) is 6.47. The first-order valence-electron chi connectivity index (χ1n) is 9.09. The Balaban J connectivity index is 0.000000647. The van der Waals surface area contributed by atoms with Gasteiger partial charge in [0.25, 0.3) is 0 Å². The maximum absolute atomic E-state index is 4.54. The minimum absolute atomic E-state index is 0.445. The summed E-state index contributed by atoms with van der Waals surface area (Å²) in [6.07, 6.45) is 7.91. The highest BCUT2D eigenvalue weighted by atomic mass is 32.2. The molecule has 0 heterocycles. The molecule has 5 atom stereocenters. The standard InChI is InChI=1S/C20H30S.CH3NS/c1-15-10-20(18-8-6-5-7-9-18)12-17(16(15)2)11-19(3,13-20)14-21-4;2-1-3/h5-9,15-17H,10-14H2,1-4H3;1H,(H2,2,3). The van der Waals surface area contributed by atoms with Gasteiger partial charge in [0.15, 0.2) is 0 Å². The highest BCUT2D eigenvalue weighted by Gasteiger charge is 2.52. The number of rotatable bonds is 3. The molecule has 0 spiro atoms. The third-order valence-corrected chi connectivity index (χ3v) is 7.39. The summed E-state index contributed by atoms with van der Waals surface area (Å²) in [6, 6.07) is 11.4. The molecule has 2 N–H and O–H groups in total. The van der Waals surface area contributed by atoms with E-state index in [1.165, 1.54) is 31.4 Å². The molecule has 0 radical (unpaired) electrons. The van der Waals surface area contributed by atoms with E-state index in [1.54, 1.807) is 5.56 Å². The Bertz CT molecular complexity index is 528. The smallest absolute Gasteiger partial charge is 0.0588 e. The van der Waals surface area contributed by atoms with Crippen LogP contribution in [0.15, 0.2) is 30.3 Å². The van der Waals surface area contributed by atoms with Gasteiger partial charge in [0.2, 0.25) is 0 Å². The SMILES string of the molecule is CSCC1(C)CC2CC(c3ccccc3)(CC(C)C2C)C1.NC=S. The molecule has 24 heavy (non-hydrogen) atoms. The minimum Gasteiger partial charge on any atom is -0.396 e. The number of hydrogen-bond donors (Lipinski definition) is 1. The lowest BCUT2D eigenvalue weighted by molar-refractivity contribution is -0.00516. The van der Waals surface area contributed by atoms with Gasteiger partial charge < -0.3 is 5.73 Å². The van der Waals surface area contributed by atoms with Crippen molar-refractivity contribution in [3.8, 4) is 0 Å². The quantitative estimate of drug-likeness (QED) is 0.700. The number of thiocarbonyl (C=S) groups is 1. The van der Waals surface area contributed by atoms with E-state index in [0.717, 1.165) is 23.2 Å². The third kappa shape index (κ3) is 4.16. The van der Waals surface area contributed by atoms with Gasteiger partial charge in [-0.1, -0.05) is 63.3 Å². The van der Waals surface area contributed by atoms with Crippen molar-refractivity contribution in [3.05, 3.63) is 35.9 Å². The van der Waals surface area contributed by atoms with Crippen molar-refractivity contribution in [1.82, 2.24) is 0 Å². The largest absolute Gasteiger partial charge is 0.396 e. The fraction of sp³-hybridized carbons (Fsp3) is 0.667. The lowest BCUT2D eigenvalue weighted by atomic mass is 9.48. The second-order valence-electron chi connectivity index (χ2n) is 8.41. The van der Waals surface area contributed by atoms with Crippen molar-refractivity contribution in [1.29, 1.82) is 0 Å². The van der Waals surface area contributed by atoms with Crippen LogP contribution in [0.1, 0.15) is 52.0 Å². The predicted molar refractivity (Wildman–Crippen MR) is 113 cm³/mol. The molecule has 3 rings (SSSR count). The fourth-order valence-electron chi connectivity index (χ4n) is 5.55. The predicted octanol–water partition coefficient (Wildman–Crippen LogP) is 5.67. The van der Waals surface area contributed by atoms with Crippen LogP contribution in [0.5, 0.6) is 0 Å². The van der Waals surface area contributed by atoms with Gasteiger partial charge in [-0.3, -0.25) is 0 Å². The maximum Gasteiger partial charge on any atom is 0.0588 e. The second kappa shape index (κ2) is 8.23. The first-order chi connectivity index (χ1) is 11.4. The lowest BCUT2D eigenvalue weighted by Gasteiger charge is -2.57. The molecular weight excluding hydrogens is 330 g/mol. The molecular formula is C21H33NS2. The Morgan fingerprint density at radius 1 is 1.21 bits per heavy atom. The molecule has 0 aliphatic heterocycles. The van der Waals surface area contributed by atoms with Crippen molar-refractivity contribution >= 4 is 29.5 Å². The van der Waals surface area contributed by atoms with Gasteiger partial charge in [-0.15, -0.1) is 0 Å². The summed E-state index contributed by atoms with van der Waals surface area (Å²) >= 11 is 6.09. The Morgan fingerprint density at radius 3 is 2.42 bits per heavy atom. The van der Waals surface area contributed by atoms with Gasteiger partial charge in [-0.05, 0) is 71.8 Å². The van der Waals surface area contributed by atoms with Crippen LogP contribution in [-0.4, -0.2) is 17.5 Å². The van der Waals surface area contributed by atoms with E-state index in [9.17, 15) is 0 Å². The van der Waals surface area contributed by atoms with E-state index in [1.807, 2.05) is 11.8 Å². The van der Waals surface area contributed by atoms with Crippen LogP contribution in [0, 0.1) is 23.2 Å². The molecule has 2 fully saturated rings. The maximum atomic E-state index is 4.54. The van der Waals surface area contributed by atoms with Crippen molar-refractivity contribution in [2.45, 2.75) is 51.9 Å². The molecule has 0 amide bonds. The summed E-state index contributed by atoms with van der Waals surface area (Å²) in [5.41, 5.74) is 8.20. The Labute approximate surface area is 158 Å². The molecule has 2 aliphatic rings. The van der Waals surface area contributed by atoms with Gasteiger partial charge >= 0.3 is 0 Å². The molecule has 0 aromatic heterocycles.